The second-order valence-corrected chi connectivity index (χ2v) is 4.36. The van der Waals surface area contributed by atoms with E-state index in [-0.39, 0.29) is 5.56 Å². The van der Waals surface area contributed by atoms with E-state index in [4.69, 9.17) is 4.74 Å². The lowest BCUT2D eigenvalue weighted by Crippen LogP contribution is -2.34. The lowest BCUT2D eigenvalue weighted by atomic mass is 10.0. The Kier molecular flexibility index (Phi) is 4.47. The number of para-hydroxylation sites is 1. The Morgan fingerprint density at radius 3 is 1.90 bits per heavy atom. The summed E-state index contributed by atoms with van der Waals surface area (Å²) in [6.45, 7) is 0. The van der Waals surface area contributed by atoms with Crippen LogP contribution in [0.25, 0.3) is 0 Å². The zero-order chi connectivity index (χ0) is 15.5. The van der Waals surface area contributed by atoms with Crippen LogP contribution in [-0.4, -0.2) is 17.5 Å². The number of aliphatic hydroxyl groups excluding tert-OH is 1. The van der Waals surface area contributed by atoms with Crippen molar-refractivity contribution in [2.45, 2.75) is 18.5 Å². The van der Waals surface area contributed by atoms with Crippen molar-refractivity contribution in [2.24, 2.45) is 0 Å². The quantitative estimate of drug-likeness (QED) is 0.829. The van der Waals surface area contributed by atoms with Crippen molar-refractivity contribution < 1.29 is 27.4 Å². The van der Waals surface area contributed by atoms with E-state index in [1.165, 1.54) is 12.1 Å². The Morgan fingerprint density at radius 2 is 1.38 bits per heavy atom. The number of rotatable bonds is 5. The Bertz CT molecular complexity index is 570. The molecule has 0 bridgehead atoms. The van der Waals surface area contributed by atoms with Gasteiger partial charge in [0.15, 0.2) is 0 Å². The van der Waals surface area contributed by atoms with Gasteiger partial charge < -0.3 is 9.84 Å². The van der Waals surface area contributed by atoms with Crippen molar-refractivity contribution in [3.63, 3.8) is 0 Å². The molecule has 0 heterocycles. The van der Waals surface area contributed by atoms with Gasteiger partial charge in [0, 0.05) is 0 Å². The molecule has 1 atom stereocenters. The van der Waals surface area contributed by atoms with Gasteiger partial charge in [0.1, 0.15) is 17.6 Å². The maximum Gasteiger partial charge on any atom is 0.336 e. The van der Waals surface area contributed by atoms with Crippen LogP contribution in [-0.2, 0) is 0 Å². The van der Waals surface area contributed by atoms with Crippen LogP contribution in [0, 0.1) is 0 Å². The number of aliphatic hydroxyl groups is 1. The number of hydrogen-bond acceptors (Lipinski definition) is 2. The molecular weight excluding hydrogens is 288 g/mol. The summed E-state index contributed by atoms with van der Waals surface area (Å²) in [5.74, 6) is -3.61. The zero-order valence-electron chi connectivity index (χ0n) is 10.7. The lowest BCUT2D eigenvalue weighted by Gasteiger charge is -2.22. The van der Waals surface area contributed by atoms with Gasteiger partial charge in [-0.25, -0.2) is 8.78 Å². The van der Waals surface area contributed by atoms with Gasteiger partial charge in [-0.1, -0.05) is 30.3 Å². The highest BCUT2D eigenvalue weighted by Crippen LogP contribution is 2.37. The fraction of sp³-hybridized carbons (Fsp3) is 0.200. The highest BCUT2D eigenvalue weighted by atomic mass is 19.3. The van der Waals surface area contributed by atoms with Gasteiger partial charge >= 0.3 is 12.3 Å². The van der Waals surface area contributed by atoms with Gasteiger partial charge in [-0.15, -0.1) is 0 Å². The first-order chi connectivity index (χ1) is 9.91. The average Bonchev–Trinajstić information content (AvgIpc) is 2.48. The van der Waals surface area contributed by atoms with Crippen LogP contribution >= 0.6 is 0 Å². The molecule has 0 aromatic heterocycles. The van der Waals surface area contributed by atoms with E-state index < -0.39 is 18.5 Å². The first kappa shape index (κ1) is 15.3. The molecule has 2 aromatic rings. The molecule has 0 aliphatic rings. The van der Waals surface area contributed by atoms with Gasteiger partial charge in [0.25, 0.3) is 0 Å². The maximum atomic E-state index is 13.0. The van der Waals surface area contributed by atoms with Gasteiger partial charge in [-0.3, -0.25) is 0 Å². The minimum atomic E-state index is -4.50. The van der Waals surface area contributed by atoms with E-state index in [2.05, 4.69) is 0 Å². The van der Waals surface area contributed by atoms with Crippen LogP contribution < -0.4 is 4.74 Å². The van der Waals surface area contributed by atoms with Crippen molar-refractivity contribution in [1.82, 2.24) is 0 Å². The van der Waals surface area contributed by atoms with Crippen LogP contribution in [0.2, 0.25) is 0 Å². The van der Waals surface area contributed by atoms with Crippen LogP contribution in [0.5, 0.6) is 11.5 Å². The number of ether oxygens (including phenoxy) is 1. The molecule has 2 aromatic carbocycles. The smallest absolute Gasteiger partial charge is 0.336 e. The zero-order valence-corrected chi connectivity index (χ0v) is 10.7. The van der Waals surface area contributed by atoms with E-state index in [0.717, 1.165) is 12.1 Å². The fourth-order valence-corrected chi connectivity index (χ4v) is 1.68. The maximum absolute atomic E-state index is 13.0. The molecule has 0 fully saturated rings. The van der Waals surface area contributed by atoms with E-state index in [1.54, 1.807) is 30.3 Å². The molecule has 0 aliphatic heterocycles. The number of halogens is 4. The van der Waals surface area contributed by atoms with Gasteiger partial charge in [-0.2, -0.15) is 8.78 Å². The first-order valence-corrected chi connectivity index (χ1v) is 6.08. The summed E-state index contributed by atoms with van der Waals surface area (Å²) in [6.07, 6.45) is -6.50. The number of alkyl halides is 4. The predicted octanol–water partition coefficient (Wildman–Crippen LogP) is 4.41. The second kappa shape index (κ2) is 6.13. The second-order valence-electron chi connectivity index (χ2n) is 4.36. The summed E-state index contributed by atoms with van der Waals surface area (Å²) in [4.78, 5) is 0. The fourth-order valence-electron chi connectivity index (χ4n) is 1.68. The van der Waals surface area contributed by atoms with Crippen LogP contribution in [0.1, 0.15) is 11.7 Å². The molecule has 0 radical (unpaired) electrons. The summed E-state index contributed by atoms with van der Waals surface area (Å²) >= 11 is 0. The van der Waals surface area contributed by atoms with Crippen molar-refractivity contribution >= 4 is 0 Å². The number of benzene rings is 2. The molecule has 112 valence electrons. The van der Waals surface area contributed by atoms with Gasteiger partial charge in [0.2, 0.25) is 0 Å². The molecule has 0 saturated heterocycles. The molecule has 0 spiro atoms. The Balaban J connectivity index is 2.12. The van der Waals surface area contributed by atoms with Crippen molar-refractivity contribution in [2.75, 3.05) is 0 Å². The third-order valence-electron chi connectivity index (χ3n) is 2.83. The van der Waals surface area contributed by atoms with Crippen LogP contribution in [0.4, 0.5) is 17.6 Å². The Hall–Kier alpha value is -2.08. The molecule has 0 saturated carbocycles. The Morgan fingerprint density at radius 1 is 0.857 bits per heavy atom. The largest absolute Gasteiger partial charge is 0.457 e. The minimum absolute atomic E-state index is 0.305. The summed E-state index contributed by atoms with van der Waals surface area (Å²) in [5.41, 5.74) is -0.305. The molecule has 2 rings (SSSR count). The molecule has 0 aliphatic carbocycles. The minimum Gasteiger partial charge on any atom is -0.457 e. The number of hydrogen-bond donors (Lipinski definition) is 1. The normalized spacial score (nSPS) is 13.2. The molecule has 6 heteroatoms. The third-order valence-corrected chi connectivity index (χ3v) is 2.83. The van der Waals surface area contributed by atoms with Gasteiger partial charge in [0.05, 0.1) is 0 Å². The van der Waals surface area contributed by atoms with E-state index in [1.807, 2.05) is 0 Å². The third kappa shape index (κ3) is 3.52. The molecular formula is C15H12F4O2. The summed E-state index contributed by atoms with van der Waals surface area (Å²) in [6, 6.07) is 13.6. The summed E-state index contributed by atoms with van der Waals surface area (Å²) in [7, 11) is 0. The highest BCUT2D eigenvalue weighted by Gasteiger charge is 2.48. The van der Waals surface area contributed by atoms with E-state index in [9.17, 15) is 22.7 Å². The van der Waals surface area contributed by atoms with Gasteiger partial charge in [-0.05, 0) is 29.8 Å². The van der Waals surface area contributed by atoms with Crippen molar-refractivity contribution in [3.05, 3.63) is 60.2 Å². The van der Waals surface area contributed by atoms with Crippen molar-refractivity contribution in [1.29, 1.82) is 0 Å². The van der Waals surface area contributed by atoms with Crippen LogP contribution in [0.15, 0.2) is 54.6 Å². The van der Waals surface area contributed by atoms with Crippen LogP contribution in [0.3, 0.4) is 0 Å². The molecule has 1 N–H and O–H groups in total. The SMILES string of the molecule is OC(c1ccc(Oc2ccccc2)cc1)C(F)(F)C(F)F. The van der Waals surface area contributed by atoms with Crippen molar-refractivity contribution in [3.8, 4) is 11.5 Å². The standard InChI is InChI=1S/C15H12F4O2/c16-14(17)15(18,19)13(20)10-6-8-12(9-7-10)21-11-4-2-1-3-5-11/h1-9,13-14,20H. The predicted molar refractivity (Wildman–Crippen MR) is 68.9 cm³/mol. The van der Waals surface area contributed by atoms with E-state index in [0.29, 0.717) is 11.5 Å². The van der Waals surface area contributed by atoms with E-state index >= 15 is 0 Å². The highest BCUT2D eigenvalue weighted by molar-refractivity contribution is 5.34. The molecule has 0 amide bonds. The summed E-state index contributed by atoms with van der Waals surface area (Å²) < 4.78 is 55.9. The molecule has 21 heavy (non-hydrogen) atoms. The lowest BCUT2D eigenvalue weighted by molar-refractivity contribution is -0.193. The molecule has 1 unspecified atom stereocenters. The Labute approximate surface area is 118 Å². The molecule has 2 nitrogen and oxygen atoms in total. The average molecular weight is 300 g/mol. The monoisotopic (exact) mass is 300 g/mol. The first-order valence-electron chi connectivity index (χ1n) is 6.08. The topological polar surface area (TPSA) is 29.5 Å². The summed E-state index contributed by atoms with van der Waals surface area (Å²) in [5, 5.41) is 9.33.